The molecule has 0 aliphatic carbocycles. The van der Waals surface area contributed by atoms with Crippen LogP contribution in [-0.2, 0) is 11.0 Å². The molecule has 0 saturated carbocycles. The molecule has 0 radical (unpaired) electrons. The van der Waals surface area contributed by atoms with E-state index >= 15 is 0 Å². The number of rotatable bonds is 6. The van der Waals surface area contributed by atoms with Gasteiger partial charge in [0, 0.05) is 24.7 Å². The summed E-state index contributed by atoms with van der Waals surface area (Å²) in [6.07, 6.45) is 9.23. The molecule has 1 aromatic rings. The Hall–Kier alpha value is -1.72. The minimum absolute atomic E-state index is 0.200. The van der Waals surface area contributed by atoms with Crippen LogP contribution in [0.4, 0.5) is 5.82 Å². The van der Waals surface area contributed by atoms with Gasteiger partial charge in [0.2, 0.25) is 0 Å². The molecule has 28 heavy (non-hydrogen) atoms. The molecular weight excluding hydrogens is 362 g/mol. The number of nitrogens with zero attached hydrogens (tertiary/aromatic N) is 3. The van der Waals surface area contributed by atoms with Crippen molar-refractivity contribution in [3.63, 3.8) is 0 Å². The standard InChI is InChI=1S/C23H37N3OSi/c1-9-19-11-10-12-21(15-16-24-19)26(6)22-18(2)13-14-20(25-22)17-27-28(7,8)23(3,4)5/h11,13-16H,9-10,12,17H2,1-8H3/b19-11-,21-15+,24-16+. The highest BCUT2D eigenvalue weighted by Crippen LogP contribution is 2.37. The fourth-order valence-corrected chi connectivity index (χ4v) is 3.78. The molecular formula is C23H37N3OSi. The molecule has 0 spiro atoms. The minimum atomic E-state index is -1.79. The molecule has 2 heterocycles. The van der Waals surface area contributed by atoms with Crippen molar-refractivity contribution in [2.24, 2.45) is 4.99 Å². The average molecular weight is 400 g/mol. The third-order valence-corrected chi connectivity index (χ3v) is 10.4. The monoisotopic (exact) mass is 399 g/mol. The zero-order valence-corrected chi connectivity index (χ0v) is 20.0. The van der Waals surface area contributed by atoms with Gasteiger partial charge in [0.05, 0.1) is 12.3 Å². The number of allylic oxidation sites excluding steroid dienone is 4. The van der Waals surface area contributed by atoms with E-state index in [0.29, 0.717) is 6.61 Å². The summed E-state index contributed by atoms with van der Waals surface area (Å²) in [5, 5.41) is 0.200. The van der Waals surface area contributed by atoms with E-state index in [0.717, 1.165) is 36.5 Å². The van der Waals surface area contributed by atoms with Gasteiger partial charge in [-0.2, -0.15) is 0 Å². The van der Waals surface area contributed by atoms with Gasteiger partial charge in [0.25, 0.3) is 0 Å². The summed E-state index contributed by atoms with van der Waals surface area (Å²) >= 11 is 0. The van der Waals surface area contributed by atoms with Crippen LogP contribution in [0.15, 0.2) is 40.7 Å². The Labute approximate surface area is 172 Å². The van der Waals surface area contributed by atoms with Gasteiger partial charge in [-0.25, -0.2) is 4.98 Å². The van der Waals surface area contributed by atoms with E-state index in [1.807, 2.05) is 6.21 Å². The Morgan fingerprint density at radius 2 is 1.93 bits per heavy atom. The summed E-state index contributed by atoms with van der Waals surface area (Å²) in [5.41, 5.74) is 4.55. The largest absolute Gasteiger partial charge is 0.411 e. The molecule has 0 aromatic carbocycles. The first kappa shape index (κ1) is 22.6. The number of aliphatic imine (C=N–C) groups is 1. The Morgan fingerprint density at radius 3 is 2.57 bits per heavy atom. The second-order valence-corrected chi connectivity index (χ2v) is 13.9. The van der Waals surface area contributed by atoms with Crippen LogP contribution in [0, 0.1) is 6.92 Å². The fourth-order valence-electron chi connectivity index (χ4n) is 2.84. The van der Waals surface area contributed by atoms with Gasteiger partial charge in [-0.1, -0.05) is 39.8 Å². The van der Waals surface area contributed by atoms with Crippen molar-refractivity contribution in [2.75, 3.05) is 11.9 Å². The van der Waals surface area contributed by atoms with Gasteiger partial charge in [0.15, 0.2) is 8.32 Å². The first-order chi connectivity index (χ1) is 13.0. The maximum atomic E-state index is 6.38. The Bertz CT molecular complexity index is 773. The molecule has 0 atom stereocenters. The number of anilines is 1. The summed E-state index contributed by atoms with van der Waals surface area (Å²) in [6, 6.07) is 4.24. The van der Waals surface area contributed by atoms with Crippen molar-refractivity contribution < 1.29 is 4.43 Å². The summed E-state index contributed by atoms with van der Waals surface area (Å²) < 4.78 is 6.38. The predicted molar refractivity (Wildman–Crippen MR) is 124 cm³/mol. The van der Waals surface area contributed by atoms with E-state index in [2.05, 4.69) is 88.9 Å². The van der Waals surface area contributed by atoms with Gasteiger partial charge in [-0.3, -0.25) is 4.99 Å². The van der Waals surface area contributed by atoms with Crippen molar-refractivity contribution in [3.05, 3.63) is 46.9 Å². The molecule has 1 aromatic heterocycles. The van der Waals surface area contributed by atoms with Crippen LogP contribution in [0.5, 0.6) is 0 Å². The molecule has 4 nitrogen and oxygen atoms in total. The smallest absolute Gasteiger partial charge is 0.192 e. The summed E-state index contributed by atoms with van der Waals surface area (Å²) in [7, 11) is 0.307. The average Bonchev–Trinajstić information content (AvgIpc) is 2.59. The topological polar surface area (TPSA) is 37.7 Å². The van der Waals surface area contributed by atoms with Crippen molar-refractivity contribution in [1.29, 1.82) is 0 Å². The quantitative estimate of drug-likeness (QED) is 0.520. The van der Waals surface area contributed by atoms with E-state index in [-0.39, 0.29) is 5.04 Å². The molecule has 0 bridgehead atoms. The van der Waals surface area contributed by atoms with Crippen LogP contribution in [-0.4, -0.2) is 26.6 Å². The summed E-state index contributed by atoms with van der Waals surface area (Å²) in [4.78, 5) is 11.7. The van der Waals surface area contributed by atoms with Gasteiger partial charge < -0.3 is 9.33 Å². The molecule has 1 aliphatic rings. The number of aromatic nitrogens is 1. The Morgan fingerprint density at radius 1 is 1.21 bits per heavy atom. The van der Waals surface area contributed by atoms with E-state index in [1.165, 1.54) is 11.3 Å². The zero-order valence-electron chi connectivity index (χ0n) is 19.0. The van der Waals surface area contributed by atoms with Crippen molar-refractivity contribution in [2.45, 2.75) is 78.6 Å². The molecule has 5 heteroatoms. The third-order valence-electron chi connectivity index (χ3n) is 5.91. The molecule has 0 N–H and O–H groups in total. The Kier molecular flexibility index (Phi) is 7.40. The van der Waals surface area contributed by atoms with Crippen LogP contribution in [0.2, 0.25) is 18.1 Å². The minimum Gasteiger partial charge on any atom is -0.411 e. The van der Waals surface area contributed by atoms with Crippen LogP contribution in [0.25, 0.3) is 0 Å². The highest BCUT2D eigenvalue weighted by atomic mass is 28.4. The van der Waals surface area contributed by atoms with E-state index < -0.39 is 8.32 Å². The number of hydrogen-bond donors (Lipinski definition) is 0. The highest BCUT2D eigenvalue weighted by molar-refractivity contribution is 6.74. The lowest BCUT2D eigenvalue weighted by Crippen LogP contribution is -2.40. The lowest BCUT2D eigenvalue weighted by Gasteiger charge is -2.36. The van der Waals surface area contributed by atoms with E-state index in [9.17, 15) is 0 Å². The van der Waals surface area contributed by atoms with E-state index in [1.54, 1.807) is 0 Å². The van der Waals surface area contributed by atoms with Gasteiger partial charge >= 0.3 is 0 Å². The normalized spacial score (nSPS) is 20.4. The maximum absolute atomic E-state index is 6.38. The zero-order chi connectivity index (χ0) is 20.9. The number of hydrogen-bond acceptors (Lipinski definition) is 4. The first-order valence-corrected chi connectivity index (χ1v) is 13.2. The van der Waals surface area contributed by atoms with E-state index in [4.69, 9.17) is 9.41 Å². The van der Waals surface area contributed by atoms with Crippen LogP contribution >= 0.6 is 0 Å². The van der Waals surface area contributed by atoms with Gasteiger partial charge in [-0.15, -0.1) is 0 Å². The lowest BCUT2D eigenvalue weighted by atomic mass is 10.1. The first-order valence-electron chi connectivity index (χ1n) is 10.3. The molecule has 0 fully saturated rings. The summed E-state index contributed by atoms with van der Waals surface area (Å²) in [6.45, 7) is 16.2. The van der Waals surface area contributed by atoms with Gasteiger partial charge in [0.1, 0.15) is 5.82 Å². The predicted octanol–water partition coefficient (Wildman–Crippen LogP) is 6.39. The fraction of sp³-hybridized carbons (Fsp3) is 0.565. The van der Waals surface area contributed by atoms with Gasteiger partial charge in [-0.05, 0) is 62.0 Å². The third kappa shape index (κ3) is 5.64. The van der Waals surface area contributed by atoms with Crippen LogP contribution in [0.1, 0.15) is 58.2 Å². The van der Waals surface area contributed by atoms with Crippen molar-refractivity contribution in [3.8, 4) is 0 Å². The highest BCUT2D eigenvalue weighted by Gasteiger charge is 2.37. The molecule has 0 saturated heterocycles. The lowest BCUT2D eigenvalue weighted by molar-refractivity contribution is 0.272. The van der Waals surface area contributed by atoms with Crippen LogP contribution in [0.3, 0.4) is 0 Å². The maximum Gasteiger partial charge on any atom is 0.192 e. The molecule has 1 aliphatic heterocycles. The summed E-state index contributed by atoms with van der Waals surface area (Å²) in [5.74, 6) is 0.997. The number of pyridine rings is 1. The molecule has 0 unspecified atom stereocenters. The second-order valence-electron chi connectivity index (χ2n) is 9.07. The van der Waals surface area contributed by atoms with Crippen molar-refractivity contribution >= 4 is 20.3 Å². The van der Waals surface area contributed by atoms with Crippen LogP contribution < -0.4 is 4.90 Å². The van der Waals surface area contributed by atoms with Crippen molar-refractivity contribution in [1.82, 2.24) is 4.98 Å². The molecule has 154 valence electrons. The molecule has 0 amide bonds. The Balaban J connectivity index is 2.19. The molecule has 2 rings (SSSR count). The second kappa shape index (κ2) is 9.18. The number of aryl methyl sites for hydroxylation is 1. The SMILES string of the molecule is CCC1=C\CC\C(N(C)c2nc(CO[Si](C)(C)C(C)(C)C)ccc2C)=C/C=N/1.